The molecule has 1 fully saturated rings. The summed E-state index contributed by atoms with van der Waals surface area (Å²) in [4.78, 5) is 0. The van der Waals surface area contributed by atoms with Crippen molar-refractivity contribution >= 4 is 12.6 Å². The van der Waals surface area contributed by atoms with Gasteiger partial charge in [0.1, 0.15) is 11.6 Å². The molecule has 2 rings (SSSR count). The topological polar surface area (TPSA) is 18.5 Å². The van der Waals surface area contributed by atoms with Crippen LogP contribution < -0.4 is 4.74 Å². The minimum atomic E-state index is -0.227. The molecule has 0 atom stereocenters. The van der Waals surface area contributed by atoms with Crippen molar-refractivity contribution in [1.29, 1.82) is 0 Å². The van der Waals surface area contributed by atoms with Crippen LogP contribution in [-0.4, -0.2) is 25.6 Å². The van der Waals surface area contributed by atoms with Crippen molar-refractivity contribution in [3.05, 3.63) is 29.6 Å². The molecule has 0 aromatic heterocycles. The molecule has 1 saturated heterocycles. The predicted molar refractivity (Wildman–Crippen MR) is 73.0 cm³/mol. The number of rotatable bonds is 4. The van der Waals surface area contributed by atoms with E-state index in [9.17, 15) is 4.39 Å². The lowest BCUT2D eigenvalue weighted by atomic mass is 9.83. The van der Waals surface area contributed by atoms with Crippen molar-refractivity contribution in [3.63, 3.8) is 0 Å². The van der Waals surface area contributed by atoms with Gasteiger partial charge in [-0.2, -0.15) is 12.6 Å². The molecule has 0 N–H and O–H groups in total. The van der Waals surface area contributed by atoms with E-state index in [1.165, 1.54) is 12.1 Å². The predicted octanol–water partition coefficient (Wildman–Crippen LogP) is 3.24. The number of benzene rings is 1. The summed E-state index contributed by atoms with van der Waals surface area (Å²) in [5.74, 6) is 1.32. The zero-order chi connectivity index (χ0) is 13.0. The third-order valence-electron chi connectivity index (χ3n) is 3.56. The van der Waals surface area contributed by atoms with E-state index in [1.54, 1.807) is 6.07 Å². The maximum absolute atomic E-state index is 13.0. The molecule has 1 heterocycles. The molecule has 0 spiro atoms. The van der Waals surface area contributed by atoms with E-state index >= 15 is 0 Å². The molecular formula is C14H19FO2S. The van der Waals surface area contributed by atoms with Gasteiger partial charge < -0.3 is 9.47 Å². The fraction of sp³-hybridized carbons (Fsp3) is 0.571. The van der Waals surface area contributed by atoms with Crippen LogP contribution in [0, 0.1) is 18.2 Å². The summed E-state index contributed by atoms with van der Waals surface area (Å²) in [6.45, 7) is 4.01. The summed E-state index contributed by atoms with van der Waals surface area (Å²) in [5, 5.41) is 0. The number of ether oxygens (including phenoxy) is 2. The van der Waals surface area contributed by atoms with Crippen molar-refractivity contribution in [1.82, 2.24) is 0 Å². The van der Waals surface area contributed by atoms with E-state index < -0.39 is 0 Å². The van der Waals surface area contributed by atoms with E-state index in [0.29, 0.717) is 6.61 Å². The van der Waals surface area contributed by atoms with Crippen LogP contribution in [0.2, 0.25) is 0 Å². The van der Waals surface area contributed by atoms with Crippen molar-refractivity contribution in [3.8, 4) is 5.75 Å². The van der Waals surface area contributed by atoms with Crippen LogP contribution in [0.25, 0.3) is 0 Å². The van der Waals surface area contributed by atoms with Crippen LogP contribution in [0.5, 0.6) is 5.75 Å². The van der Waals surface area contributed by atoms with Crippen molar-refractivity contribution in [2.45, 2.75) is 19.8 Å². The molecule has 4 heteroatoms. The lowest BCUT2D eigenvalue weighted by Gasteiger charge is -2.35. The monoisotopic (exact) mass is 270 g/mol. The second kappa shape index (κ2) is 5.93. The number of thiol groups is 1. The van der Waals surface area contributed by atoms with Crippen LogP contribution in [0.3, 0.4) is 0 Å². The Balaban J connectivity index is 2.01. The molecule has 1 aromatic rings. The second-order valence-corrected chi connectivity index (χ2v) is 5.29. The molecule has 0 amide bonds. The normalized spacial score (nSPS) is 18.6. The van der Waals surface area contributed by atoms with E-state index in [1.807, 2.05) is 6.92 Å². The summed E-state index contributed by atoms with van der Waals surface area (Å²) < 4.78 is 24.2. The van der Waals surface area contributed by atoms with E-state index in [2.05, 4.69) is 12.6 Å². The van der Waals surface area contributed by atoms with E-state index in [4.69, 9.17) is 9.47 Å². The average Bonchev–Trinajstić information content (AvgIpc) is 2.39. The van der Waals surface area contributed by atoms with Gasteiger partial charge in [0.15, 0.2) is 0 Å². The van der Waals surface area contributed by atoms with Crippen LogP contribution >= 0.6 is 12.6 Å². The van der Waals surface area contributed by atoms with Gasteiger partial charge in [0.25, 0.3) is 0 Å². The van der Waals surface area contributed by atoms with Crippen molar-refractivity contribution < 1.29 is 13.9 Å². The molecule has 100 valence electrons. The number of aryl methyl sites for hydroxylation is 1. The first-order valence-corrected chi connectivity index (χ1v) is 6.86. The van der Waals surface area contributed by atoms with Gasteiger partial charge in [-0.15, -0.1) is 0 Å². The summed E-state index contributed by atoms with van der Waals surface area (Å²) in [6.07, 6.45) is 1.94. The van der Waals surface area contributed by atoms with Crippen LogP contribution in [0.4, 0.5) is 4.39 Å². The van der Waals surface area contributed by atoms with Gasteiger partial charge in [0, 0.05) is 18.6 Å². The fourth-order valence-electron chi connectivity index (χ4n) is 2.16. The molecular weight excluding hydrogens is 251 g/mol. The Hall–Kier alpha value is -0.740. The number of hydrogen-bond acceptors (Lipinski definition) is 3. The van der Waals surface area contributed by atoms with Gasteiger partial charge in [-0.3, -0.25) is 0 Å². The zero-order valence-corrected chi connectivity index (χ0v) is 11.5. The quantitative estimate of drug-likeness (QED) is 0.847. The average molecular weight is 270 g/mol. The SMILES string of the molecule is Cc1cc(F)ccc1OCC1(CS)CCOCC1. The standard InChI is InChI=1S/C14H19FO2S/c1-11-8-12(15)2-3-13(11)17-9-14(10-18)4-6-16-7-5-14/h2-3,8,18H,4-7,9-10H2,1H3. The first-order valence-electron chi connectivity index (χ1n) is 6.23. The number of halogens is 1. The number of hydrogen-bond donors (Lipinski definition) is 1. The summed E-state index contributed by atoms with van der Waals surface area (Å²) in [6, 6.07) is 4.61. The molecule has 18 heavy (non-hydrogen) atoms. The van der Waals surface area contributed by atoms with Gasteiger partial charge in [0.2, 0.25) is 0 Å². The highest BCUT2D eigenvalue weighted by Gasteiger charge is 2.32. The van der Waals surface area contributed by atoms with E-state index in [0.717, 1.165) is 43.1 Å². The van der Waals surface area contributed by atoms with Crippen molar-refractivity contribution in [2.75, 3.05) is 25.6 Å². The molecule has 2 nitrogen and oxygen atoms in total. The van der Waals surface area contributed by atoms with Gasteiger partial charge in [-0.25, -0.2) is 4.39 Å². The van der Waals surface area contributed by atoms with Gasteiger partial charge in [-0.1, -0.05) is 0 Å². The lowest BCUT2D eigenvalue weighted by molar-refractivity contribution is 0.00298. The van der Waals surface area contributed by atoms with Gasteiger partial charge >= 0.3 is 0 Å². The largest absolute Gasteiger partial charge is 0.493 e. The molecule has 1 aliphatic heterocycles. The molecule has 0 saturated carbocycles. The third kappa shape index (κ3) is 3.18. The van der Waals surface area contributed by atoms with Crippen molar-refractivity contribution in [2.24, 2.45) is 5.41 Å². The maximum Gasteiger partial charge on any atom is 0.123 e. The fourth-order valence-corrected chi connectivity index (χ4v) is 2.57. The van der Waals surface area contributed by atoms with Crippen LogP contribution in [-0.2, 0) is 4.74 Å². The Labute approximate surface area is 113 Å². The Kier molecular flexibility index (Phi) is 4.51. The second-order valence-electron chi connectivity index (χ2n) is 4.97. The molecule has 0 aliphatic carbocycles. The zero-order valence-electron chi connectivity index (χ0n) is 10.6. The minimum absolute atomic E-state index is 0.0855. The van der Waals surface area contributed by atoms with Gasteiger partial charge in [0.05, 0.1) is 6.61 Å². The van der Waals surface area contributed by atoms with Gasteiger partial charge in [-0.05, 0) is 49.3 Å². The smallest absolute Gasteiger partial charge is 0.123 e. The third-order valence-corrected chi connectivity index (χ3v) is 4.23. The molecule has 0 unspecified atom stereocenters. The minimum Gasteiger partial charge on any atom is -0.493 e. The summed E-state index contributed by atoms with van der Waals surface area (Å²) in [7, 11) is 0. The Bertz CT molecular complexity index is 403. The van der Waals surface area contributed by atoms with Crippen LogP contribution in [0.1, 0.15) is 18.4 Å². The molecule has 1 aliphatic rings. The molecule has 0 bridgehead atoms. The van der Waals surface area contributed by atoms with Crippen LogP contribution in [0.15, 0.2) is 18.2 Å². The highest BCUT2D eigenvalue weighted by molar-refractivity contribution is 7.80. The first-order chi connectivity index (χ1) is 8.65. The lowest BCUT2D eigenvalue weighted by Crippen LogP contribution is -2.37. The summed E-state index contributed by atoms with van der Waals surface area (Å²) >= 11 is 4.44. The summed E-state index contributed by atoms with van der Waals surface area (Å²) in [5.41, 5.74) is 0.915. The highest BCUT2D eigenvalue weighted by atomic mass is 32.1. The Morgan fingerprint density at radius 2 is 2.11 bits per heavy atom. The first kappa shape index (κ1) is 13.7. The Morgan fingerprint density at radius 1 is 1.39 bits per heavy atom. The Morgan fingerprint density at radius 3 is 2.72 bits per heavy atom. The molecule has 1 aromatic carbocycles. The van der Waals surface area contributed by atoms with E-state index in [-0.39, 0.29) is 11.2 Å². The highest BCUT2D eigenvalue weighted by Crippen LogP contribution is 2.33. The molecule has 0 radical (unpaired) electrons. The maximum atomic E-state index is 13.0.